The van der Waals surface area contributed by atoms with Crippen LogP contribution in [-0.2, 0) is 13.6 Å². The van der Waals surface area contributed by atoms with Gasteiger partial charge >= 0.3 is 0 Å². The molecule has 0 unspecified atom stereocenters. The fourth-order valence-corrected chi connectivity index (χ4v) is 6.39. The first-order valence-corrected chi connectivity index (χ1v) is 13.3. The van der Waals surface area contributed by atoms with Gasteiger partial charge in [-0.25, -0.2) is 4.98 Å². The Hall–Kier alpha value is -4.20. The van der Waals surface area contributed by atoms with Crippen molar-refractivity contribution in [2.45, 2.75) is 25.8 Å². The van der Waals surface area contributed by atoms with Crippen molar-refractivity contribution < 1.29 is 14.2 Å². The number of rotatable bonds is 11. The molecule has 2 bridgehead atoms. The van der Waals surface area contributed by atoms with E-state index in [1.165, 1.54) is 0 Å². The van der Waals surface area contributed by atoms with Gasteiger partial charge < -0.3 is 29.4 Å². The zero-order valence-corrected chi connectivity index (χ0v) is 22.6. The molecule has 2 aromatic heterocycles. The zero-order chi connectivity index (χ0) is 27.0. The monoisotopic (exact) mass is 526 g/mol. The van der Waals surface area contributed by atoms with E-state index in [4.69, 9.17) is 14.2 Å². The van der Waals surface area contributed by atoms with Crippen molar-refractivity contribution >= 4 is 22.3 Å². The van der Waals surface area contributed by atoms with Gasteiger partial charge in [0.15, 0.2) is 0 Å². The Morgan fingerprint density at radius 1 is 0.923 bits per heavy atom. The van der Waals surface area contributed by atoms with E-state index in [1.54, 1.807) is 38.1 Å². The first-order chi connectivity index (χ1) is 18.9. The second-order valence-electron chi connectivity index (χ2n) is 11.1. The van der Waals surface area contributed by atoms with Crippen LogP contribution in [0.5, 0.6) is 17.2 Å². The molecule has 0 aliphatic heterocycles. The molecule has 2 N–H and O–H groups in total. The molecule has 0 amide bonds. The number of nitrogens with zero attached hydrogens (tertiary/aromatic N) is 2. The highest BCUT2D eigenvalue weighted by Crippen LogP contribution is 2.73. The molecule has 3 aliphatic carbocycles. The lowest BCUT2D eigenvalue weighted by Gasteiger charge is -2.70. The zero-order valence-electron chi connectivity index (χ0n) is 22.6. The number of ether oxygens (including phenoxy) is 3. The molecule has 8 nitrogen and oxygen atoms in total. The van der Waals surface area contributed by atoms with Gasteiger partial charge in [0.2, 0.25) is 0 Å². The Kier molecular flexibility index (Phi) is 6.33. The molecular formula is C31H34N4O4. The quantitative estimate of drug-likeness (QED) is 0.277. The van der Waals surface area contributed by atoms with Gasteiger partial charge in [0.25, 0.3) is 5.56 Å². The summed E-state index contributed by atoms with van der Waals surface area (Å²) in [4.78, 5) is 16.5. The maximum Gasteiger partial charge on any atom is 0.253 e. The molecule has 0 radical (unpaired) electrons. The number of methoxy groups -OCH3 is 2. The second-order valence-corrected chi connectivity index (χ2v) is 11.1. The molecule has 0 saturated heterocycles. The van der Waals surface area contributed by atoms with Gasteiger partial charge in [-0.2, -0.15) is 0 Å². The average Bonchev–Trinajstić information content (AvgIpc) is 2.92. The third-order valence-electron chi connectivity index (χ3n) is 8.27. The third kappa shape index (κ3) is 4.75. The van der Waals surface area contributed by atoms with E-state index >= 15 is 0 Å². The largest absolute Gasteiger partial charge is 0.497 e. The second kappa shape index (κ2) is 9.84. The molecule has 39 heavy (non-hydrogen) atoms. The molecule has 0 spiro atoms. The molecule has 3 saturated carbocycles. The topological polar surface area (TPSA) is 86.6 Å². The van der Waals surface area contributed by atoms with Gasteiger partial charge in [0.05, 0.1) is 20.8 Å². The normalized spacial score (nSPS) is 21.0. The number of hydrogen-bond acceptors (Lipinski definition) is 7. The molecule has 0 atom stereocenters. The molecule has 202 valence electrons. The number of hydrogen-bond donors (Lipinski definition) is 2. The van der Waals surface area contributed by atoms with Crippen molar-refractivity contribution in [3.05, 3.63) is 82.9 Å². The highest BCUT2D eigenvalue weighted by molar-refractivity contribution is 5.99. The minimum Gasteiger partial charge on any atom is -0.497 e. The van der Waals surface area contributed by atoms with Crippen LogP contribution in [0.25, 0.3) is 10.8 Å². The summed E-state index contributed by atoms with van der Waals surface area (Å²) in [6.45, 7) is 2.20. The fourth-order valence-electron chi connectivity index (χ4n) is 6.39. The smallest absolute Gasteiger partial charge is 0.253 e. The predicted octanol–water partition coefficient (Wildman–Crippen LogP) is 5.22. The minimum absolute atomic E-state index is 0.0464. The summed E-state index contributed by atoms with van der Waals surface area (Å²) in [5.74, 6) is 3.04. The SMILES string of the molecule is COc1ccc(CNc2nccc3c(NCC45CC(COc6ccn(C)c(=O)c6)(C4)C5)cccc23)c(OC)c1. The van der Waals surface area contributed by atoms with Gasteiger partial charge in [-0.05, 0) is 55.0 Å². The lowest BCUT2D eigenvalue weighted by molar-refractivity contribution is -0.209. The Morgan fingerprint density at radius 3 is 2.54 bits per heavy atom. The summed E-state index contributed by atoms with van der Waals surface area (Å²) in [5.41, 5.74) is 2.69. The summed E-state index contributed by atoms with van der Waals surface area (Å²) in [5, 5.41) is 9.44. The lowest BCUT2D eigenvalue weighted by atomic mass is 9.35. The van der Waals surface area contributed by atoms with Crippen molar-refractivity contribution in [1.29, 1.82) is 0 Å². The Balaban J connectivity index is 1.08. The number of nitrogens with one attached hydrogen (secondary N) is 2. The maximum absolute atomic E-state index is 11.8. The summed E-state index contributed by atoms with van der Waals surface area (Å²) < 4.78 is 18.4. The first kappa shape index (κ1) is 25.1. The standard InChI is InChI=1S/C31H34N4O4/c1-35-12-10-23(14-28(35)36)39-20-31-16-30(17-31,18-31)19-34-26-6-4-5-25-24(26)9-11-32-29(25)33-15-21-7-8-22(37-2)13-27(21)38-3/h4-14,34H,15-20H2,1-3H3,(H,32,33). The molecule has 4 aromatic rings. The number of aromatic nitrogens is 2. The van der Waals surface area contributed by atoms with Crippen LogP contribution in [0, 0.1) is 10.8 Å². The van der Waals surface area contributed by atoms with Crippen LogP contribution in [0.4, 0.5) is 11.5 Å². The minimum atomic E-state index is -0.0464. The van der Waals surface area contributed by atoms with Gasteiger partial charge in [-0.3, -0.25) is 4.79 Å². The lowest BCUT2D eigenvalue weighted by Crippen LogP contribution is -2.66. The van der Waals surface area contributed by atoms with E-state index in [1.807, 2.05) is 30.5 Å². The average molecular weight is 527 g/mol. The number of pyridine rings is 2. The summed E-state index contributed by atoms with van der Waals surface area (Å²) in [7, 11) is 5.06. The number of fused-ring (bicyclic) bond motifs is 1. The third-order valence-corrected chi connectivity index (χ3v) is 8.27. The molecule has 3 fully saturated rings. The molecule has 2 heterocycles. The van der Waals surface area contributed by atoms with Crippen molar-refractivity contribution in [2.75, 3.05) is 38.0 Å². The van der Waals surface area contributed by atoms with Gasteiger partial charge in [-0.1, -0.05) is 12.1 Å². The number of aryl methyl sites for hydroxylation is 1. The highest BCUT2D eigenvalue weighted by Gasteiger charge is 2.67. The van der Waals surface area contributed by atoms with Crippen LogP contribution in [-0.4, -0.2) is 36.9 Å². The van der Waals surface area contributed by atoms with Crippen molar-refractivity contribution in [3.8, 4) is 17.2 Å². The van der Waals surface area contributed by atoms with Crippen LogP contribution < -0.4 is 30.4 Å². The predicted molar refractivity (Wildman–Crippen MR) is 153 cm³/mol. The van der Waals surface area contributed by atoms with E-state index in [0.717, 1.165) is 65.1 Å². The Bertz CT molecular complexity index is 1560. The van der Waals surface area contributed by atoms with E-state index in [2.05, 4.69) is 39.9 Å². The molecule has 8 heteroatoms. The molecule has 3 aliphatic rings. The summed E-state index contributed by atoms with van der Waals surface area (Å²) in [6, 6.07) is 17.6. The van der Waals surface area contributed by atoms with Crippen LogP contribution in [0.3, 0.4) is 0 Å². The Labute approximate surface area is 227 Å². The Morgan fingerprint density at radius 2 is 1.77 bits per heavy atom. The number of benzene rings is 2. The van der Waals surface area contributed by atoms with Gasteiger partial charge in [-0.15, -0.1) is 0 Å². The van der Waals surface area contributed by atoms with E-state index in [9.17, 15) is 4.79 Å². The fraction of sp³-hybridized carbons (Fsp3) is 0.355. The van der Waals surface area contributed by atoms with Crippen LogP contribution in [0.1, 0.15) is 24.8 Å². The van der Waals surface area contributed by atoms with Crippen molar-refractivity contribution in [2.24, 2.45) is 17.9 Å². The van der Waals surface area contributed by atoms with Crippen LogP contribution >= 0.6 is 0 Å². The summed E-state index contributed by atoms with van der Waals surface area (Å²) >= 11 is 0. The van der Waals surface area contributed by atoms with Crippen LogP contribution in [0.15, 0.2) is 71.8 Å². The molecular weight excluding hydrogens is 492 g/mol. The molecule has 2 aromatic carbocycles. The van der Waals surface area contributed by atoms with Crippen molar-refractivity contribution in [3.63, 3.8) is 0 Å². The maximum atomic E-state index is 11.8. The van der Waals surface area contributed by atoms with E-state index in [0.29, 0.717) is 24.3 Å². The summed E-state index contributed by atoms with van der Waals surface area (Å²) in [6.07, 6.45) is 7.06. The van der Waals surface area contributed by atoms with Crippen LogP contribution in [0.2, 0.25) is 0 Å². The highest BCUT2D eigenvalue weighted by atomic mass is 16.5. The molecule has 7 rings (SSSR count). The first-order valence-electron chi connectivity index (χ1n) is 13.3. The van der Waals surface area contributed by atoms with Gasteiger partial charge in [0, 0.05) is 72.1 Å². The van der Waals surface area contributed by atoms with Crippen molar-refractivity contribution in [1.82, 2.24) is 9.55 Å². The van der Waals surface area contributed by atoms with E-state index in [-0.39, 0.29) is 11.0 Å². The number of anilines is 2. The van der Waals surface area contributed by atoms with Gasteiger partial charge in [0.1, 0.15) is 23.1 Å². The van der Waals surface area contributed by atoms with E-state index < -0.39 is 0 Å².